The number of benzene rings is 1. The summed E-state index contributed by atoms with van der Waals surface area (Å²) in [7, 11) is 1.73. The van der Waals surface area contributed by atoms with Crippen LogP contribution in [-0.4, -0.2) is 59.1 Å². The molecule has 0 atom stereocenters. The summed E-state index contributed by atoms with van der Waals surface area (Å²) in [6, 6.07) is 7.50. The Balaban J connectivity index is 0.00000243. The van der Waals surface area contributed by atoms with E-state index >= 15 is 0 Å². The van der Waals surface area contributed by atoms with Crippen LogP contribution in [-0.2, 0) is 0 Å². The highest BCUT2D eigenvalue weighted by atomic mass is 35.5. The lowest BCUT2D eigenvalue weighted by Gasteiger charge is -2.22. The van der Waals surface area contributed by atoms with Gasteiger partial charge in [-0.05, 0) is 44.1 Å². The van der Waals surface area contributed by atoms with Crippen LogP contribution in [0.2, 0.25) is 5.02 Å². The third-order valence-electron chi connectivity index (χ3n) is 4.25. The predicted molar refractivity (Wildman–Crippen MR) is 102 cm³/mol. The van der Waals surface area contributed by atoms with E-state index in [-0.39, 0.29) is 18.3 Å². The van der Waals surface area contributed by atoms with Gasteiger partial charge in [0.2, 0.25) is 0 Å². The second-order valence-electron chi connectivity index (χ2n) is 6.10. The fraction of sp³-hybridized carbons (Fsp3) is 0.471. The molecule has 9 heteroatoms. The van der Waals surface area contributed by atoms with E-state index in [2.05, 4.69) is 15.6 Å². The van der Waals surface area contributed by atoms with Crippen LogP contribution in [0.4, 0.5) is 0 Å². The van der Waals surface area contributed by atoms with E-state index in [1.807, 2.05) is 16.8 Å². The van der Waals surface area contributed by atoms with Gasteiger partial charge in [-0.3, -0.25) is 4.79 Å². The van der Waals surface area contributed by atoms with E-state index in [0.29, 0.717) is 35.7 Å². The lowest BCUT2D eigenvalue weighted by Crippen LogP contribution is -2.31. The SMILES string of the molecule is CN(CCOc1cccc(Cl)c1)C(=O)c1cn(C2CCNCC2)nn1.Cl. The van der Waals surface area contributed by atoms with Crippen molar-refractivity contribution in [2.75, 3.05) is 33.3 Å². The van der Waals surface area contributed by atoms with Crippen molar-refractivity contribution in [2.24, 2.45) is 0 Å². The second kappa shape index (κ2) is 9.75. The minimum absolute atomic E-state index is 0. The molecule has 1 amide bonds. The molecule has 26 heavy (non-hydrogen) atoms. The molecular formula is C17H23Cl2N5O2. The summed E-state index contributed by atoms with van der Waals surface area (Å²) in [5, 5.41) is 12.1. The zero-order valence-corrected chi connectivity index (χ0v) is 16.2. The maximum Gasteiger partial charge on any atom is 0.275 e. The van der Waals surface area contributed by atoms with Crippen LogP contribution < -0.4 is 10.1 Å². The Morgan fingerprint density at radius 1 is 1.42 bits per heavy atom. The summed E-state index contributed by atoms with van der Waals surface area (Å²) >= 11 is 5.92. The van der Waals surface area contributed by atoms with Gasteiger partial charge >= 0.3 is 0 Å². The maximum absolute atomic E-state index is 12.5. The van der Waals surface area contributed by atoms with Crippen molar-refractivity contribution in [3.63, 3.8) is 0 Å². The Morgan fingerprint density at radius 2 is 2.19 bits per heavy atom. The van der Waals surface area contributed by atoms with Gasteiger partial charge in [0.05, 0.1) is 18.8 Å². The Bertz CT molecular complexity index is 719. The first-order valence-electron chi connectivity index (χ1n) is 8.40. The Morgan fingerprint density at radius 3 is 2.92 bits per heavy atom. The van der Waals surface area contributed by atoms with Crippen molar-refractivity contribution in [2.45, 2.75) is 18.9 Å². The normalized spacial score (nSPS) is 14.5. The third-order valence-corrected chi connectivity index (χ3v) is 4.49. The summed E-state index contributed by atoms with van der Waals surface area (Å²) in [4.78, 5) is 14.0. The molecule has 1 N–H and O–H groups in total. The first-order chi connectivity index (χ1) is 12.1. The van der Waals surface area contributed by atoms with E-state index in [9.17, 15) is 4.79 Å². The van der Waals surface area contributed by atoms with Crippen LogP contribution in [0.3, 0.4) is 0 Å². The van der Waals surface area contributed by atoms with Gasteiger partial charge in [-0.25, -0.2) is 4.68 Å². The van der Waals surface area contributed by atoms with Gasteiger partial charge in [0.1, 0.15) is 12.4 Å². The van der Waals surface area contributed by atoms with Crippen LogP contribution in [0.15, 0.2) is 30.5 Å². The van der Waals surface area contributed by atoms with Gasteiger partial charge in [-0.1, -0.05) is 22.9 Å². The number of halogens is 2. The second-order valence-corrected chi connectivity index (χ2v) is 6.53. The van der Waals surface area contributed by atoms with E-state index in [1.165, 1.54) is 0 Å². The number of aromatic nitrogens is 3. The van der Waals surface area contributed by atoms with Gasteiger partial charge in [0.15, 0.2) is 5.69 Å². The first kappa shape index (κ1) is 20.5. The fourth-order valence-electron chi connectivity index (χ4n) is 2.78. The molecule has 1 aliphatic heterocycles. The number of likely N-dealkylation sites (N-methyl/N-ethyl adjacent to an activating group) is 1. The van der Waals surface area contributed by atoms with Crippen molar-refractivity contribution in [3.05, 3.63) is 41.2 Å². The quantitative estimate of drug-likeness (QED) is 0.807. The largest absolute Gasteiger partial charge is 0.492 e. The van der Waals surface area contributed by atoms with Gasteiger partial charge < -0.3 is 15.0 Å². The number of hydrogen-bond donors (Lipinski definition) is 1. The molecule has 0 saturated carbocycles. The highest BCUT2D eigenvalue weighted by Gasteiger charge is 2.20. The minimum Gasteiger partial charge on any atom is -0.492 e. The molecule has 1 fully saturated rings. The number of hydrogen-bond acceptors (Lipinski definition) is 5. The molecule has 0 spiro atoms. The summed E-state index contributed by atoms with van der Waals surface area (Å²) in [6.07, 6.45) is 3.74. The minimum atomic E-state index is -0.158. The average molecular weight is 400 g/mol. The molecule has 3 rings (SSSR count). The maximum atomic E-state index is 12.5. The van der Waals surface area contributed by atoms with Gasteiger partial charge in [-0.15, -0.1) is 17.5 Å². The molecule has 1 aliphatic rings. The number of ether oxygens (including phenoxy) is 1. The molecule has 2 aromatic rings. The number of nitrogens with one attached hydrogen (secondary N) is 1. The zero-order chi connectivity index (χ0) is 17.6. The van der Waals surface area contributed by atoms with Gasteiger partial charge in [-0.2, -0.15) is 0 Å². The molecule has 1 aromatic heterocycles. The van der Waals surface area contributed by atoms with Crippen molar-refractivity contribution < 1.29 is 9.53 Å². The number of carbonyl (C=O) groups excluding carboxylic acids is 1. The zero-order valence-electron chi connectivity index (χ0n) is 14.6. The summed E-state index contributed by atoms with van der Waals surface area (Å²) in [6.45, 7) is 2.76. The lowest BCUT2D eigenvalue weighted by atomic mass is 10.1. The Labute approximate surface area is 164 Å². The van der Waals surface area contributed by atoms with Gasteiger partial charge in [0.25, 0.3) is 5.91 Å². The first-order valence-corrected chi connectivity index (χ1v) is 8.77. The van der Waals surface area contributed by atoms with Crippen molar-refractivity contribution in [1.82, 2.24) is 25.2 Å². The fourth-order valence-corrected chi connectivity index (χ4v) is 2.96. The Hall–Kier alpha value is -1.83. The number of nitrogens with zero attached hydrogens (tertiary/aromatic N) is 4. The van der Waals surface area contributed by atoms with Crippen LogP contribution in [0, 0.1) is 0 Å². The molecule has 1 aromatic carbocycles. The average Bonchev–Trinajstić information content (AvgIpc) is 3.12. The summed E-state index contributed by atoms with van der Waals surface area (Å²) in [5.41, 5.74) is 0.365. The number of carbonyl (C=O) groups is 1. The number of amides is 1. The molecule has 142 valence electrons. The molecule has 0 unspecified atom stereocenters. The topological polar surface area (TPSA) is 72.3 Å². The standard InChI is InChI=1S/C17H22ClN5O2.ClH/c1-22(9-10-25-15-4-2-3-13(18)11-15)17(24)16-12-23(21-20-16)14-5-7-19-8-6-14;/h2-4,11-12,14,19H,5-10H2,1H3;1H. The van der Waals surface area contributed by atoms with E-state index < -0.39 is 0 Å². The monoisotopic (exact) mass is 399 g/mol. The predicted octanol–water partition coefficient (Wildman–Crippen LogP) is 2.43. The Kier molecular flexibility index (Phi) is 7.68. The summed E-state index contributed by atoms with van der Waals surface area (Å²) in [5.74, 6) is 0.528. The smallest absolute Gasteiger partial charge is 0.275 e. The van der Waals surface area contributed by atoms with Crippen molar-refractivity contribution >= 4 is 29.9 Å². The molecule has 1 saturated heterocycles. The van der Waals surface area contributed by atoms with E-state index in [4.69, 9.17) is 16.3 Å². The molecular weight excluding hydrogens is 377 g/mol. The molecule has 7 nitrogen and oxygen atoms in total. The van der Waals surface area contributed by atoms with E-state index in [1.54, 1.807) is 30.3 Å². The highest BCUT2D eigenvalue weighted by molar-refractivity contribution is 6.30. The number of rotatable bonds is 6. The third kappa shape index (κ3) is 5.33. The van der Waals surface area contributed by atoms with Gasteiger partial charge in [0, 0.05) is 12.1 Å². The highest BCUT2D eigenvalue weighted by Crippen LogP contribution is 2.18. The molecule has 0 radical (unpaired) electrons. The van der Waals surface area contributed by atoms with Crippen LogP contribution in [0.25, 0.3) is 0 Å². The lowest BCUT2D eigenvalue weighted by molar-refractivity contribution is 0.0768. The molecule has 0 bridgehead atoms. The summed E-state index contributed by atoms with van der Waals surface area (Å²) < 4.78 is 7.43. The number of piperidine rings is 1. The van der Waals surface area contributed by atoms with Crippen molar-refractivity contribution in [3.8, 4) is 5.75 Å². The van der Waals surface area contributed by atoms with Crippen LogP contribution in [0.1, 0.15) is 29.4 Å². The molecule has 2 heterocycles. The van der Waals surface area contributed by atoms with Crippen LogP contribution >= 0.6 is 24.0 Å². The molecule has 0 aliphatic carbocycles. The van der Waals surface area contributed by atoms with Crippen molar-refractivity contribution in [1.29, 1.82) is 0 Å². The van der Waals surface area contributed by atoms with Crippen LogP contribution in [0.5, 0.6) is 5.75 Å². The van der Waals surface area contributed by atoms with E-state index in [0.717, 1.165) is 25.9 Å².